The molecule has 0 fully saturated rings. The Morgan fingerprint density at radius 3 is 2.95 bits per heavy atom. The van der Waals surface area contributed by atoms with Crippen molar-refractivity contribution < 1.29 is 9.53 Å². The lowest BCUT2D eigenvalue weighted by atomic mass is 10.1. The minimum absolute atomic E-state index is 0.227. The van der Waals surface area contributed by atoms with Crippen LogP contribution in [0.3, 0.4) is 0 Å². The van der Waals surface area contributed by atoms with Gasteiger partial charge in [0, 0.05) is 11.1 Å². The first-order chi connectivity index (χ1) is 9.10. The molecule has 100 valence electrons. The lowest BCUT2D eigenvalue weighted by molar-refractivity contribution is 0.0947. The number of hydrogen-bond donors (Lipinski definition) is 2. The van der Waals surface area contributed by atoms with E-state index < -0.39 is 0 Å². The van der Waals surface area contributed by atoms with Crippen molar-refractivity contribution >= 4 is 22.9 Å². The van der Waals surface area contributed by atoms with Crippen LogP contribution in [-0.4, -0.2) is 18.0 Å². The predicted molar refractivity (Wildman–Crippen MR) is 75.4 cm³/mol. The number of ether oxygens (including phenoxy) is 1. The molecule has 0 saturated heterocycles. The minimum atomic E-state index is -0.227. The molecule has 2 aromatic rings. The highest BCUT2D eigenvalue weighted by atomic mass is 32.1. The summed E-state index contributed by atoms with van der Waals surface area (Å²) in [6, 6.07) is 4.97. The first-order valence-corrected chi connectivity index (χ1v) is 6.61. The molecule has 0 aliphatic rings. The highest BCUT2D eigenvalue weighted by Crippen LogP contribution is 2.21. The maximum Gasteiger partial charge on any atom is 0.255 e. The summed E-state index contributed by atoms with van der Waals surface area (Å²) in [5.41, 5.74) is 7.48. The molecule has 0 spiro atoms. The van der Waals surface area contributed by atoms with Crippen molar-refractivity contribution in [3.8, 4) is 5.75 Å². The molecule has 0 radical (unpaired) electrons. The third-order valence-electron chi connectivity index (χ3n) is 2.56. The molecule has 0 atom stereocenters. The number of rotatable bonds is 4. The molecule has 6 heteroatoms. The Morgan fingerprint density at radius 1 is 1.53 bits per heavy atom. The molecular formula is C13H15N3O2S. The Kier molecular flexibility index (Phi) is 4.01. The normalized spacial score (nSPS) is 10.2. The van der Waals surface area contributed by atoms with Crippen LogP contribution in [0.25, 0.3) is 0 Å². The van der Waals surface area contributed by atoms with Gasteiger partial charge in [-0.15, -0.1) is 11.3 Å². The first-order valence-electron chi connectivity index (χ1n) is 5.73. The van der Waals surface area contributed by atoms with E-state index in [-0.39, 0.29) is 5.91 Å². The Morgan fingerprint density at radius 2 is 2.32 bits per heavy atom. The highest BCUT2D eigenvalue weighted by molar-refractivity contribution is 7.09. The van der Waals surface area contributed by atoms with Crippen LogP contribution in [0.4, 0.5) is 5.69 Å². The zero-order valence-corrected chi connectivity index (χ0v) is 11.6. The van der Waals surface area contributed by atoms with Crippen LogP contribution in [0, 0.1) is 6.92 Å². The summed E-state index contributed by atoms with van der Waals surface area (Å²) in [6.07, 6.45) is 0. The van der Waals surface area contributed by atoms with Gasteiger partial charge in [0.05, 0.1) is 29.9 Å². The number of nitrogens with zero attached hydrogens (tertiary/aromatic N) is 1. The Balaban J connectivity index is 2.09. The molecule has 0 aliphatic heterocycles. The van der Waals surface area contributed by atoms with Gasteiger partial charge >= 0.3 is 0 Å². The summed E-state index contributed by atoms with van der Waals surface area (Å²) < 4.78 is 5.15. The number of anilines is 1. The third-order valence-corrected chi connectivity index (χ3v) is 3.39. The third kappa shape index (κ3) is 3.23. The molecule has 5 nitrogen and oxygen atoms in total. The number of amides is 1. The smallest absolute Gasteiger partial charge is 0.255 e. The molecule has 1 heterocycles. The van der Waals surface area contributed by atoms with Crippen molar-refractivity contribution in [2.24, 2.45) is 0 Å². The molecular weight excluding hydrogens is 262 g/mol. The van der Waals surface area contributed by atoms with Crippen LogP contribution in [0.15, 0.2) is 23.6 Å². The number of nitrogens with two attached hydrogens (primary N) is 1. The van der Waals surface area contributed by atoms with Crippen molar-refractivity contribution in [1.29, 1.82) is 0 Å². The molecule has 0 bridgehead atoms. The van der Waals surface area contributed by atoms with Crippen molar-refractivity contribution in [3.63, 3.8) is 0 Å². The largest absolute Gasteiger partial charge is 0.496 e. The van der Waals surface area contributed by atoms with E-state index in [0.717, 1.165) is 10.7 Å². The number of methoxy groups -OCH3 is 1. The van der Waals surface area contributed by atoms with Gasteiger partial charge in [0.2, 0.25) is 0 Å². The van der Waals surface area contributed by atoms with E-state index in [2.05, 4.69) is 10.3 Å². The number of carbonyl (C=O) groups is 1. The molecule has 2 rings (SSSR count). The van der Waals surface area contributed by atoms with Gasteiger partial charge in [-0.2, -0.15) is 0 Å². The van der Waals surface area contributed by atoms with Gasteiger partial charge in [-0.3, -0.25) is 4.79 Å². The van der Waals surface area contributed by atoms with E-state index in [1.165, 1.54) is 7.11 Å². The Bertz CT molecular complexity index is 595. The van der Waals surface area contributed by atoms with Crippen molar-refractivity contribution in [2.45, 2.75) is 13.5 Å². The predicted octanol–water partition coefficient (Wildman–Crippen LogP) is 1.97. The Hall–Kier alpha value is -2.08. The lowest BCUT2D eigenvalue weighted by Gasteiger charge is -2.09. The van der Waals surface area contributed by atoms with Crippen molar-refractivity contribution in [3.05, 3.63) is 39.8 Å². The van der Waals surface area contributed by atoms with Crippen LogP contribution in [0.2, 0.25) is 0 Å². The topological polar surface area (TPSA) is 77.2 Å². The van der Waals surface area contributed by atoms with E-state index in [0.29, 0.717) is 23.5 Å². The molecule has 0 aliphatic carbocycles. The summed E-state index contributed by atoms with van der Waals surface area (Å²) in [5.74, 6) is 0.274. The van der Waals surface area contributed by atoms with Crippen LogP contribution in [-0.2, 0) is 6.54 Å². The average molecular weight is 277 g/mol. The summed E-state index contributed by atoms with van der Waals surface area (Å²) in [7, 11) is 1.52. The average Bonchev–Trinajstić information content (AvgIpc) is 2.81. The summed E-state index contributed by atoms with van der Waals surface area (Å²) in [6.45, 7) is 2.32. The number of thiazole rings is 1. The summed E-state index contributed by atoms with van der Waals surface area (Å²) >= 11 is 1.55. The quantitative estimate of drug-likeness (QED) is 0.838. The van der Waals surface area contributed by atoms with E-state index in [4.69, 9.17) is 10.5 Å². The fourth-order valence-corrected chi connectivity index (χ4v) is 2.27. The van der Waals surface area contributed by atoms with Gasteiger partial charge in [-0.1, -0.05) is 0 Å². The maximum absolute atomic E-state index is 12.1. The number of benzene rings is 1. The fraction of sp³-hybridized carbons (Fsp3) is 0.231. The van der Waals surface area contributed by atoms with Gasteiger partial charge in [0.1, 0.15) is 5.75 Å². The Labute approximate surface area is 115 Å². The molecule has 1 aromatic carbocycles. The molecule has 19 heavy (non-hydrogen) atoms. The molecule has 1 amide bonds. The highest BCUT2D eigenvalue weighted by Gasteiger charge is 2.12. The molecule has 3 N–H and O–H groups in total. The van der Waals surface area contributed by atoms with Crippen LogP contribution in [0.1, 0.15) is 21.1 Å². The summed E-state index contributed by atoms with van der Waals surface area (Å²) in [4.78, 5) is 16.4. The second-order valence-corrected chi connectivity index (χ2v) is 5.06. The van der Waals surface area contributed by atoms with E-state index >= 15 is 0 Å². The lowest BCUT2D eigenvalue weighted by Crippen LogP contribution is -2.23. The standard InChI is InChI=1S/C13H15N3O2S/c1-8-16-10(7-19-8)6-15-13(17)11-5-9(14)3-4-12(11)18-2/h3-5,7H,6,14H2,1-2H3,(H,15,17). The van der Waals surface area contributed by atoms with Gasteiger partial charge in [0.15, 0.2) is 0 Å². The van der Waals surface area contributed by atoms with Gasteiger partial charge in [-0.05, 0) is 25.1 Å². The maximum atomic E-state index is 12.1. The SMILES string of the molecule is COc1ccc(N)cc1C(=O)NCc1csc(C)n1. The van der Waals surface area contributed by atoms with E-state index in [9.17, 15) is 4.79 Å². The second-order valence-electron chi connectivity index (χ2n) is 4.00. The number of nitrogen functional groups attached to an aromatic ring is 1. The van der Waals surface area contributed by atoms with Gasteiger partial charge in [0.25, 0.3) is 5.91 Å². The number of hydrogen-bond acceptors (Lipinski definition) is 5. The second kappa shape index (κ2) is 5.71. The first kappa shape index (κ1) is 13.4. The van der Waals surface area contributed by atoms with Crippen LogP contribution < -0.4 is 15.8 Å². The molecule has 0 unspecified atom stereocenters. The van der Waals surface area contributed by atoms with Gasteiger partial charge in [-0.25, -0.2) is 4.98 Å². The van der Waals surface area contributed by atoms with Crippen molar-refractivity contribution in [2.75, 3.05) is 12.8 Å². The number of aromatic nitrogens is 1. The number of nitrogens with one attached hydrogen (secondary N) is 1. The van der Waals surface area contributed by atoms with Crippen LogP contribution >= 0.6 is 11.3 Å². The van der Waals surface area contributed by atoms with E-state index in [1.54, 1.807) is 29.5 Å². The number of aryl methyl sites for hydroxylation is 1. The summed E-state index contributed by atoms with van der Waals surface area (Å²) in [5, 5.41) is 5.70. The van der Waals surface area contributed by atoms with Gasteiger partial charge < -0.3 is 15.8 Å². The number of carbonyl (C=O) groups excluding carboxylic acids is 1. The zero-order valence-electron chi connectivity index (χ0n) is 10.8. The van der Waals surface area contributed by atoms with Crippen LogP contribution in [0.5, 0.6) is 5.75 Å². The minimum Gasteiger partial charge on any atom is -0.496 e. The monoisotopic (exact) mass is 277 g/mol. The fourth-order valence-electron chi connectivity index (χ4n) is 1.66. The molecule has 0 saturated carbocycles. The van der Waals surface area contributed by atoms with Crippen molar-refractivity contribution in [1.82, 2.24) is 10.3 Å². The molecule has 1 aromatic heterocycles. The zero-order chi connectivity index (χ0) is 13.8. The van der Waals surface area contributed by atoms with E-state index in [1.807, 2.05) is 12.3 Å².